The highest BCUT2D eigenvalue weighted by atomic mass is 32.2. The van der Waals surface area contributed by atoms with Crippen molar-refractivity contribution in [1.29, 1.82) is 0 Å². The van der Waals surface area contributed by atoms with E-state index in [1.54, 1.807) is 36.4 Å². The number of sulfonamides is 1. The lowest BCUT2D eigenvalue weighted by molar-refractivity contribution is -0.128. The van der Waals surface area contributed by atoms with Crippen LogP contribution in [0.1, 0.15) is 5.56 Å². The third kappa shape index (κ3) is 4.26. The van der Waals surface area contributed by atoms with Gasteiger partial charge in [0.15, 0.2) is 17.6 Å². The first-order chi connectivity index (χ1) is 16.4. The summed E-state index contributed by atoms with van der Waals surface area (Å²) < 4.78 is 45.6. The van der Waals surface area contributed by atoms with Crippen LogP contribution in [-0.4, -0.2) is 46.2 Å². The molecule has 0 spiro atoms. The van der Waals surface area contributed by atoms with Gasteiger partial charge in [-0.3, -0.25) is 9.10 Å². The topological polar surface area (TPSA) is 94.2 Å². The fraction of sp³-hybridized carbons (Fsp3) is 0.240. The second-order valence-corrected chi connectivity index (χ2v) is 10.0. The molecule has 0 saturated carbocycles. The molecule has 1 N–H and O–H groups in total. The van der Waals surface area contributed by atoms with Crippen LogP contribution in [0.15, 0.2) is 77.7 Å². The second-order valence-electron chi connectivity index (χ2n) is 8.17. The van der Waals surface area contributed by atoms with Gasteiger partial charge in [-0.15, -0.1) is 0 Å². The Bertz CT molecular complexity index is 1310. The molecule has 0 aromatic heterocycles. The zero-order valence-corrected chi connectivity index (χ0v) is 19.3. The van der Waals surface area contributed by atoms with Gasteiger partial charge in [0.05, 0.1) is 23.7 Å². The molecule has 8 nitrogen and oxygen atoms in total. The van der Waals surface area contributed by atoms with E-state index in [1.165, 1.54) is 16.4 Å². The smallest absolute Gasteiger partial charge is 0.264 e. The van der Waals surface area contributed by atoms with E-state index in [1.807, 2.05) is 31.2 Å². The Hall–Kier alpha value is -3.72. The minimum absolute atomic E-state index is 0.147. The monoisotopic (exact) mass is 480 g/mol. The van der Waals surface area contributed by atoms with Crippen LogP contribution in [-0.2, 0) is 14.8 Å². The first-order valence-corrected chi connectivity index (χ1v) is 12.4. The molecule has 2 heterocycles. The van der Waals surface area contributed by atoms with Gasteiger partial charge < -0.3 is 19.5 Å². The van der Waals surface area contributed by atoms with E-state index in [4.69, 9.17) is 14.2 Å². The van der Waals surface area contributed by atoms with Crippen molar-refractivity contribution >= 4 is 21.6 Å². The number of benzene rings is 3. The van der Waals surface area contributed by atoms with Crippen molar-refractivity contribution in [2.75, 3.05) is 24.0 Å². The maximum Gasteiger partial charge on any atom is 0.264 e. The molecule has 2 aliphatic rings. The van der Waals surface area contributed by atoms with Crippen molar-refractivity contribution in [1.82, 2.24) is 5.32 Å². The van der Waals surface area contributed by atoms with Crippen LogP contribution in [0.4, 0.5) is 5.69 Å². The van der Waals surface area contributed by atoms with Crippen molar-refractivity contribution in [3.63, 3.8) is 0 Å². The molecule has 0 unspecified atom stereocenters. The quantitative estimate of drug-likeness (QED) is 0.604. The van der Waals surface area contributed by atoms with Crippen molar-refractivity contribution < 1.29 is 27.4 Å². The van der Waals surface area contributed by atoms with Gasteiger partial charge >= 0.3 is 0 Å². The van der Waals surface area contributed by atoms with E-state index < -0.39 is 22.0 Å². The van der Waals surface area contributed by atoms with Crippen LogP contribution in [0.5, 0.6) is 17.2 Å². The van der Waals surface area contributed by atoms with Gasteiger partial charge in [0, 0.05) is 0 Å². The van der Waals surface area contributed by atoms with Crippen LogP contribution in [0.3, 0.4) is 0 Å². The lowest BCUT2D eigenvalue weighted by Crippen LogP contribution is -2.52. The van der Waals surface area contributed by atoms with Gasteiger partial charge in [-0.25, -0.2) is 8.42 Å². The number of carbonyl (C=O) groups is 1. The summed E-state index contributed by atoms with van der Waals surface area (Å²) in [6, 6.07) is 20.7. The number of carbonyl (C=O) groups excluding carboxylic acids is 1. The van der Waals surface area contributed by atoms with E-state index >= 15 is 0 Å². The van der Waals surface area contributed by atoms with Gasteiger partial charge in [0.25, 0.3) is 15.9 Å². The second kappa shape index (κ2) is 8.90. The Morgan fingerprint density at radius 1 is 0.971 bits per heavy atom. The van der Waals surface area contributed by atoms with Crippen LogP contribution in [0.25, 0.3) is 0 Å². The highest BCUT2D eigenvalue weighted by Gasteiger charge is 2.38. The zero-order valence-electron chi connectivity index (χ0n) is 18.5. The number of anilines is 1. The highest BCUT2D eigenvalue weighted by molar-refractivity contribution is 7.92. The fourth-order valence-corrected chi connectivity index (χ4v) is 5.43. The number of nitrogens with zero attached hydrogens (tertiary/aromatic N) is 1. The maximum absolute atomic E-state index is 13.4. The first kappa shape index (κ1) is 22.1. The lowest BCUT2D eigenvalue weighted by Gasteiger charge is -2.35. The van der Waals surface area contributed by atoms with Gasteiger partial charge in [-0.1, -0.05) is 36.4 Å². The Kier molecular flexibility index (Phi) is 5.79. The number of hydrogen-bond donors (Lipinski definition) is 1. The van der Waals surface area contributed by atoms with Gasteiger partial charge in [-0.2, -0.15) is 0 Å². The summed E-state index contributed by atoms with van der Waals surface area (Å²) in [5, 5.41) is 2.82. The number of hydrogen-bond acceptors (Lipinski definition) is 6. The van der Waals surface area contributed by atoms with E-state index in [0.717, 1.165) is 5.56 Å². The van der Waals surface area contributed by atoms with Crippen LogP contribution < -0.4 is 23.8 Å². The number of ether oxygens (including phenoxy) is 3. The van der Waals surface area contributed by atoms with E-state index in [-0.39, 0.29) is 24.1 Å². The fourth-order valence-electron chi connectivity index (χ4n) is 3.94. The summed E-state index contributed by atoms with van der Waals surface area (Å²) in [4.78, 5) is 13.2. The molecular weight excluding hydrogens is 456 g/mol. The largest absolute Gasteiger partial charge is 0.486 e. The Balaban J connectivity index is 1.34. The van der Waals surface area contributed by atoms with Crippen LogP contribution in [0, 0.1) is 6.92 Å². The number of para-hydroxylation sites is 2. The zero-order chi connectivity index (χ0) is 23.7. The van der Waals surface area contributed by atoms with Crippen LogP contribution in [0.2, 0.25) is 0 Å². The number of fused-ring (bicyclic) bond motifs is 2. The molecule has 34 heavy (non-hydrogen) atoms. The van der Waals surface area contributed by atoms with Crippen molar-refractivity contribution in [2.45, 2.75) is 24.0 Å². The predicted molar refractivity (Wildman–Crippen MR) is 126 cm³/mol. The molecule has 2 atom stereocenters. The number of amides is 1. The van der Waals surface area contributed by atoms with Gasteiger partial charge in [0.2, 0.25) is 0 Å². The summed E-state index contributed by atoms with van der Waals surface area (Å²) >= 11 is 0. The van der Waals surface area contributed by atoms with Gasteiger partial charge in [-0.05, 0) is 48.9 Å². The summed E-state index contributed by atoms with van der Waals surface area (Å²) in [6.07, 6.45) is -1.40. The average molecular weight is 481 g/mol. The SMILES string of the molecule is Cc1ccc2c(c1)O[C@@H](C(=O)NC[C@@H]1COc3ccccc3O1)CN2S(=O)(=O)c1ccccc1. The molecule has 1 amide bonds. The summed E-state index contributed by atoms with van der Waals surface area (Å²) in [5.74, 6) is 1.20. The third-order valence-electron chi connectivity index (χ3n) is 5.68. The van der Waals surface area contributed by atoms with E-state index in [9.17, 15) is 13.2 Å². The molecule has 0 bridgehead atoms. The molecule has 3 aromatic carbocycles. The molecule has 2 aliphatic heterocycles. The summed E-state index contributed by atoms with van der Waals surface area (Å²) in [5.41, 5.74) is 1.29. The number of rotatable bonds is 5. The molecule has 9 heteroatoms. The Morgan fingerprint density at radius 3 is 2.50 bits per heavy atom. The summed E-state index contributed by atoms with van der Waals surface area (Å²) in [7, 11) is -3.89. The molecule has 0 saturated heterocycles. The first-order valence-electron chi connectivity index (χ1n) is 10.9. The van der Waals surface area contributed by atoms with E-state index in [2.05, 4.69) is 5.32 Å². The molecule has 0 aliphatic carbocycles. The summed E-state index contributed by atoms with van der Waals surface area (Å²) in [6.45, 7) is 2.21. The molecule has 3 aromatic rings. The predicted octanol–water partition coefficient (Wildman–Crippen LogP) is 2.91. The average Bonchev–Trinajstić information content (AvgIpc) is 2.86. The maximum atomic E-state index is 13.4. The minimum Gasteiger partial charge on any atom is -0.486 e. The number of nitrogens with one attached hydrogen (secondary N) is 1. The number of aryl methyl sites for hydroxylation is 1. The molecule has 5 rings (SSSR count). The third-order valence-corrected chi connectivity index (χ3v) is 7.47. The molecule has 0 radical (unpaired) electrons. The van der Waals surface area contributed by atoms with Crippen molar-refractivity contribution in [2.24, 2.45) is 0 Å². The molecular formula is C25H24N2O6S. The Morgan fingerprint density at radius 2 is 1.71 bits per heavy atom. The van der Waals surface area contributed by atoms with Crippen molar-refractivity contribution in [3.8, 4) is 17.2 Å². The lowest BCUT2D eigenvalue weighted by atomic mass is 10.1. The normalized spacial score (nSPS) is 19.0. The molecule has 0 fully saturated rings. The highest BCUT2D eigenvalue weighted by Crippen LogP contribution is 2.37. The van der Waals surface area contributed by atoms with Crippen LogP contribution >= 0.6 is 0 Å². The minimum atomic E-state index is -3.89. The standard InChI is InChI=1S/C25H24N2O6S/c1-17-11-12-20-23(13-17)33-24(15-27(20)34(29,30)19-7-3-2-4-8-19)25(28)26-14-18-16-31-21-9-5-6-10-22(21)32-18/h2-13,18,24H,14-16H2,1H3,(H,26,28)/t18-,24-/m1/s1. The van der Waals surface area contributed by atoms with Crippen molar-refractivity contribution in [3.05, 3.63) is 78.4 Å². The Labute approximate surface area is 198 Å². The van der Waals surface area contributed by atoms with E-state index in [0.29, 0.717) is 29.5 Å². The molecule has 176 valence electrons. The van der Waals surface area contributed by atoms with Gasteiger partial charge in [0.1, 0.15) is 18.5 Å².